The summed E-state index contributed by atoms with van der Waals surface area (Å²) in [6.07, 6.45) is -0.543. The van der Waals surface area contributed by atoms with Crippen molar-refractivity contribution in [2.75, 3.05) is 43.5 Å². The van der Waals surface area contributed by atoms with E-state index in [9.17, 15) is 22.8 Å². The van der Waals surface area contributed by atoms with Crippen LogP contribution in [0.25, 0.3) is 5.57 Å². The SMILES string of the molecule is O=C(C=C1CCCOc2cc(C(F)(F)F)ccc21)Nc1ccc2c(c1)NC(=O)C(N1CCCOCC1)C2. The summed E-state index contributed by atoms with van der Waals surface area (Å²) in [6.45, 7) is 3.10. The lowest BCUT2D eigenvalue weighted by Crippen LogP contribution is -2.48. The summed E-state index contributed by atoms with van der Waals surface area (Å²) in [4.78, 5) is 27.8. The van der Waals surface area contributed by atoms with Crippen molar-refractivity contribution in [1.29, 1.82) is 0 Å². The van der Waals surface area contributed by atoms with E-state index < -0.39 is 17.6 Å². The second-order valence-electron chi connectivity index (χ2n) is 9.40. The number of benzene rings is 2. The molecule has 2 N–H and O–H groups in total. The minimum absolute atomic E-state index is 0.0757. The van der Waals surface area contributed by atoms with Gasteiger partial charge in [-0.25, -0.2) is 0 Å². The molecule has 0 bridgehead atoms. The van der Waals surface area contributed by atoms with Crippen LogP contribution >= 0.6 is 0 Å². The zero-order valence-corrected chi connectivity index (χ0v) is 20.2. The van der Waals surface area contributed by atoms with Gasteiger partial charge in [0.15, 0.2) is 0 Å². The minimum Gasteiger partial charge on any atom is -0.493 e. The number of alkyl halides is 3. The molecule has 0 saturated carbocycles. The van der Waals surface area contributed by atoms with Crippen molar-refractivity contribution < 1.29 is 32.2 Å². The number of carbonyl (C=O) groups excluding carboxylic acids is 2. The van der Waals surface area contributed by atoms with Gasteiger partial charge in [0.1, 0.15) is 5.75 Å². The van der Waals surface area contributed by atoms with Gasteiger partial charge < -0.3 is 20.1 Å². The first-order chi connectivity index (χ1) is 17.8. The number of halogens is 3. The van der Waals surface area contributed by atoms with Gasteiger partial charge in [-0.2, -0.15) is 13.2 Å². The Labute approximate surface area is 212 Å². The van der Waals surface area contributed by atoms with Gasteiger partial charge >= 0.3 is 6.18 Å². The molecule has 3 aliphatic heterocycles. The number of anilines is 2. The van der Waals surface area contributed by atoms with Gasteiger partial charge in [0.2, 0.25) is 11.8 Å². The summed E-state index contributed by atoms with van der Waals surface area (Å²) < 4.78 is 50.4. The zero-order chi connectivity index (χ0) is 26.0. The summed E-state index contributed by atoms with van der Waals surface area (Å²) in [5.74, 6) is -0.367. The number of hydrogen-bond acceptors (Lipinski definition) is 5. The van der Waals surface area contributed by atoms with E-state index in [-0.39, 0.29) is 24.3 Å². The van der Waals surface area contributed by atoms with Crippen LogP contribution in [0.5, 0.6) is 5.75 Å². The lowest BCUT2D eigenvalue weighted by atomic mass is 9.97. The maximum atomic E-state index is 13.1. The Kier molecular flexibility index (Phi) is 7.21. The fourth-order valence-corrected chi connectivity index (χ4v) is 4.99. The van der Waals surface area contributed by atoms with Gasteiger partial charge in [-0.3, -0.25) is 14.5 Å². The Hall–Kier alpha value is -3.37. The maximum Gasteiger partial charge on any atom is 0.416 e. The molecule has 3 heterocycles. The van der Waals surface area contributed by atoms with Gasteiger partial charge in [0.25, 0.3) is 0 Å². The standard InChI is InChI=1S/C27H28F3N3O4/c28-27(29,30)19-5-7-21-17(3-1-11-37-24(21)15-19)14-25(34)31-20-6-4-18-13-23(26(35)32-22(18)16-20)33-8-2-10-36-12-9-33/h4-7,14-16,23H,1-3,8-13H2,(H,31,34)(H,32,35). The van der Waals surface area contributed by atoms with Crippen LogP contribution in [0.4, 0.5) is 24.5 Å². The summed E-state index contributed by atoms with van der Waals surface area (Å²) in [7, 11) is 0. The predicted octanol–water partition coefficient (Wildman–Crippen LogP) is 4.49. The minimum atomic E-state index is -4.48. The quantitative estimate of drug-likeness (QED) is 0.590. The molecule has 2 aromatic carbocycles. The molecule has 0 aromatic heterocycles. The topological polar surface area (TPSA) is 79.9 Å². The highest BCUT2D eigenvalue weighted by Crippen LogP contribution is 2.38. The smallest absolute Gasteiger partial charge is 0.416 e. The van der Waals surface area contributed by atoms with E-state index in [1.807, 2.05) is 6.07 Å². The molecule has 1 fully saturated rings. The number of allylic oxidation sites excluding steroid dienone is 1. The van der Waals surface area contributed by atoms with Crippen LogP contribution in [0.15, 0.2) is 42.5 Å². The summed E-state index contributed by atoms with van der Waals surface area (Å²) >= 11 is 0. The lowest BCUT2D eigenvalue weighted by molar-refractivity contribution is -0.137. The van der Waals surface area contributed by atoms with Gasteiger partial charge in [-0.1, -0.05) is 12.1 Å². The van der Waals surface area contributed by atoms with Crippen LogP contribution in [0.3, 0.4) is 0 Å². The van der Waals surface area contributed by atoms with Crippen LogP contribution in [0.1, 0.15) is 36.0 Å². The molecule has 2 aromatic rings. The Bertz CT molecular complexity index is 1220. The predicted molar refractivity (Wildman–Crippen MR) is 132 cm³/mol. The third-order valence-electron chi connectivity index (χ3n) is 6.86. The van der Waals surface area contributed by atoms with Crippen molar-refractivity contribution in [3.05, 3.63) is 59.2 Å². The monoisotopic (exact) mass is 515 g/mol. The number of rotatable bonds is 3. The maximum absolute atomic E-state index is 13.1. The molecule has 3 aliphatic rings. The third kappa shape index (κ3) is 5.80. The number of hydrogen-bond donors (Lipinski definition) is 2. The third-order valence-corrected chi connectivity index (χ3v) is 6.86. The molecule has 7 nitrogen and oxygen atoms in total. The summed E-state index contributed by atoms with van der Waals surface area (Å²) in [6, 6.07) is 8.48. The molecule has 10 heteroatoms. The van der Waals surface area contributed by atoms with Crippen molar-refractivity contribution in [2.45, 2.75) is 37.9 Å². The van der Waals surface area contributed by atoms with Crippen molar-refractivity contribution in [1.82, 2.24) is 4.90 Å². The molecule has 0 spiro atoms. The van der Waals surface area contributed by atoms with Crippen LogP contribution in [-0.4, -0.2) is 55.7 Å². The highest BCUT2D eigenvalue weighted by molar-refractivity contribution is 6.05. The van der Waals surface area contributed by atoms with Crippen molar-refractivity contribution in [3.8, 4) is 5.75 Å². The molecule has 1 saturated heterocycles. The fraction of sp³-hybridized carbons (Fsp3) is 0.407. The van der Waals surface area contributed by atoms with E-state index in [2.05, 4.69) is 15.5 Å². The summed E-state index contributed by atoms with van der Waals surface area (Å²) in [5, 5.41) is 5.77. The van der Waals surface area contributed by atoms with Gasteiger partial charge in [-0.05, 0) is 61.1 Å². The van der Waals surface area contributed by atoms with Gasteiger partial charge in [0, 0.05) is 42.7 Å². The largest absolute Gasteiger partial charge is 0.493 e. The van der Waals surface area contributed by atoms with Crippen LogP contribution in [-0.2, 0) is 26.9 Å². The van der Waals surface area contributed by atoms with Crippen molar-refractivity contribution in [2.24, 2.45) is 0 Å². The number of carbonyl (C=O) groups is 2. The van der Waals surface area contributed by atoms with E-state index in [0.29, 0.717) is 61.5 Å². The molecule has 1 unspecified atom stereocenters. The first kappa shape index (κ1) is 25.3. The molecule has 5 rings (SSSR count). The van der Waals surface area contributed by atoms with Crippen LogP contribution < -0.4 is 15.4 Å². The highest BCUT2D eigenvalue weighted by Gasteiger charge is 2.33. The van der Waals surface area contributed by atoms with Gasteiger partial charge in [0.05, 0.1) is 24.8 Å². The molecule has 37 heavy (non-hydrogen) atoms. The normalized spacial score (nSPS) is 21.6. The first-order valence-corrected chi connectivity index (χ1v) is 12.4. The number of nitrogens with zero attached hydrogens (tertiary/aromatic N) is 1. The Morgan fingerprint density at radius 3 is 2.78 bits per heavy atom. The number of fused-ring (bicyclic) bond motifs is 2. The van der Waals surface area contributed by atoms with E-state index in [1.54, 1.807) is 12.1 Å². The zero-order valence-electron chi connectivity index (χ0n) is 20.2. The average Bonchev–Trinajstić information content (AvgIpc) is 3.24. The number of nitrogens with one attached hydrogen (secondary N) is 2. The second-order valence-corrected chi connectivity index (χ2v) is 9.40. The van der Waals surface area contributed by atoms with E-state index in [1.165, 1.54) is 12.1 Å². The Balaban J connectivity index is 1.30. The van der Waals surface area contributed by atoms with Gasteiger partial charge in [-0.15, -0.1) is 0 Å². The number of ether oxygens (including phenoxy) is 2. The molecule has 0 radical (unpaired) electrons. The first-order valence-electron chi connectivity index (χ1n) is 12.4. The second kappa shape index (κ2) is 10.5. The van der Waals surface area contributed by atoms with Crippen LogP contribution in [0.2, 0.25) is 0 Å². The molecular formula is C27H28F3N3O4. The molecule has 2 amide bonds. The van der Waals surface area contributed by atoms with E-state index in [4.69, 9.17) is 9.47 Å². The van der Waals surface area contributed by atoms with Crippen LogP contribution in [0, 0.1) is 0 Å². The molecule has 0 aliphatic carbocycles. The Morgan fingerprint density at radius 2 is 1.95 bits per heavy atom. The summed E-state index contributed by atoms with van der Waals surface area (Å²) in [5.41, 5.74) is 2.45. The van der Waals surface area contributed by atoms with E-state index >= 15 is 0 Å². The lowest BCUT2D eigenvalue weighted by Gasteiger charge is -2.33. The fourth-order valence-electron chi connectivity index (χ4n) is 4.99. The average molecular weight is 516 g/mol. The molecule has 1 atom stereocenters. The molecule has 196 valence electrons. The highest BCUT2D eigenvalue weighted by atomic mass is 19.4. The van der Waals surface area contributed by atoms with Crippen molar-refractivity contribution >= 4 is 28.8 Å². The Morgan fingerprint density at radius 1 is 1.08 bits per heavy atom. The van der Waals surface area contributed by atoms with E-state index in [0.717, 1.165) is 30.7 Å². The van der Waals surface area contributed by atoms with Crippen molar-refractivity contribution in [3.63, 3.8) is 0 Å². The number of amides is 2. The molecular weight excluding hydrogens is 487 g/mol.